The fourth-order valence-electron chi connectivity index (χ4n) is 7.36. The Balaban J connectivity index is 1.21. The van der Waals surface area contributed by atoms with Crippen LogP contribution in [-0.4, -0.2) is 22.9 Å². The van der Waals surface area contributed by atoms with Gasteiger partial charge in [0.05, 0.1) is 33.6 Å². The second kappa shape index (κ2) is 11.1. The van der Waals surface area contributed by atoms with E-state index in [2.05, 4.69) is 189 Å². The summed E-state index contributed by atoms with van der Waals surface area (Å²) in [5, 5.41) is 7.26. The van der Waals surface area contributed by atoms with Crippen molar-refractivity contribution in [1.29, 1.82) is 0 Å². The van der Waals surface area contributed by atoms with E-state index in [1.165, 1.54) is 32.3 Å². The van der Waals surface area contributed by atoms with E-state index >= 15 is 0 Å². The molecule has 5 heteroatoms. The molecule has 1 aromatic heterocycles. The van der Waals surface area contributed by atoms with Crippen LogP contribution in [0, 0.1) is 0 Å². The van der Waals surface area contributed by atoms with Crippen LogP contribution in [0.4, 0.5) is 17.1 Å². The summed E-state index contributed by atoms with van der Waals surface area (Å²) in [6.07, 6.45) is 0. The first-order valence-corrected chi connectivity index (χ1v) is 17.0. The predicted octanol–water partition coefficient (Wildman–Crippen LogP) is 10.9. The molecular weight excluding hydrogens is 599 g/mol. The maximum Gasteiger partial charge on any atom is 0.494 e. The minimum absolute atomic E-state index is 0.408. The fourth-order valence-corrected chi connectivity index (χ4v) is 7.36. The van der Waals surface area contributed by atoms with Crippen molar-refractivity contribution in [2.45, 2.75) is 38.9 Å². The molecule has 0 saturated carbocycles. The molecule has 0 aliphatic carbocycles. The SMILES string of the molecule is CC1(C)OB(c2ccc3c4ccccc4n(-c4ccc(N(c5cccc6ccccc56)c5cccc6ccccc56)cc4)c3c2)OC1(C)C. The molecule has 1 aliphatic rings. The third-order valence-corrected chi connectivity index (χ3v) is 10.6. The smallest absolute Gasteiger partial charge is 0.399 e. The van der Waals surface area contributed by atoms with Gasteiger partial charge in [-0.1, -0.05) is 103 Å². The van der Waals surface area contributed by atoms with Crippen molar-refractivity contribution < 1.29 is 9.31 Å². The summed E-state index contributed by atoms with van der Waals surface area (Å²) < 4.78 is 15.3. The average Bonchev–Trinajstić information content (AvgIpc) is 3.57. The number of rotatable bonds is 5. The topological polar surface area (TPSA) is 26.6 Å². The Morgan fingerprint density at radius 3 is 1.61 bits per heavy atom. The van der Waals surface area contributed by atoms with Gasteiger partial charge in [0, 0.05) is 32.9 Å². The Labute approximate surface area is 287 Å². The van der Waals surface area contributed by atoms with Gasteiger partial charge in [-0.25, -0.2) is 0 Å². The molecule has 0 radical (unpaired) electrons. The van der Waals surface area contributed by atoms with Crippen LogP contribution < -0.4 is 10.4 Å². The number of fused-ring (bicyclic) bond motifs is 5. The number of para-hydroxylation sites is 1. The lowest BCUT2D eigenvalue weighted by Gasteiger charge is -2.32. The summed E-state index contributed by atoms with van der Waals surface area (Å²) in [7, 11) is -0.432. The van der Waals surface area contributed by atoms with Gasteiger partial charge >= 0.3 is 7.12 Å². The highest BCUT2D eigenvalue weighted by atomic mass is 16.7. The van der Waals surface area contributed by atoms with E-state index in [0.717, 1.165) is 39.2 Å². The van der Waals surface area contributed by atoms with Gasteiger partial charge in [-0.05, 0) is 92.5 Å². The average molecular weight is 637 g/mol. The van der Waals surface area contributed by atoms with Gasteiger partial charge in [-0.2, -0.15) is 0 Å². The molecule has 0 amide bonds. The van der Waals surface area contributed by atoms with Crippen LogP contribution in [-0.2, 0) is 9.31 Å². The van der Waals surface area contributed by atoms with E-state index in [1.54, 1.807) is 0 Å². The number of hydrogen-bond acceptors (Lipinski definition) is 3. The molecule has 8 aromatic rings. The number of benzene rings is 7. The van der Waals surface area contributed by atoms with Gasteiger partial charge in [0.2, 0.25) is 0 Å². The first-order chi connectivity index (χ1) is 23.8. The van der Waals surface area contributed by atoms with Crippen LogP contribution in [0.25, 0.3) is 49.0 Å². The fraction of sp³-hybridized carbons (Fsp3) is 0.136. The van der Waals surface area contributed by atoms with Crippen molar-refractivity contribution in [2.75, 3.05) is 4.90 Å². The highest BCUT2D eigenvalue weighted by Crippen LogP contribution is 2.43. The number of anilines is 3. The van der Waals surface area contributed by atoms with Gasteiger partial charge in [0.25, 0.3) is 0 Å². The molecule has 1 aliphatic heterocycles. The number of aromatic nitrogens is 1. The van der Waals surface area contributed by atoms with Gasteiger partial charge in [0.1, 0.15) is 0 Å². The first-order valence-electron chi connectivity index (χ1n) is 17.0. The molecule has 238 valence electrons. The van der Waals surface area contributed by atoms with E-state index in [9.17, 15) is 0 Å². The van der Waals surface area contributed by atoms with Gasteiger partial charge in [-0.15, -0.1) is 0 Å². The molecule has 0 spiro atoms. The second-order valence-electron chi connectivity index (χ2n) is 14.1. The first kappa shape index (κ1) is 29.8. The van der Waals surface area contributed by atoms with Crippen LogP contribution in [0.15, 0.2) is 152 Å². The van der Waals surface area contributed by atoms with Crippen LogP contribution in [0.2, 0.25) is 0 Å². The summed E-state index contributed by atoms with van der Waals surface area (Å²) in [4.78, 5) is 2.40. The van der Waals surface area contributed by atoms with Gasteiger partial charge < -0.3 is 18.8 Å². The number of hydrogen-bond donors (Lipinski definition) is 0. The lowest BCUT2D eigenvalue weighted by molar-refractivity contribution is 0.00578. The van der Waals surface area contributed by atoms with Gasteiger partial charge in [-0.3, -0.25) is 0 Å². The van der Waals surface area contributed by atoms with Crippen molar-refractivity contribution in [3.63, 3.8) is 0 Å². The van der Waals surface area contributed by atoms with Crippen molar-refractivity contribution >= 4 is 73.0 Å². The minimum atomic E-state index is -0.432. The second-order valence-corrected chi connectivity index (χ2v) is 14.1. The summed E-state index contributed by atoms with van der Waals surface area (Å²) in [6.45, 7) is 8.40. The van der Waals surface area contributed by atoms with E-state index in [4.69, 9.17) is 9.31 Å². The molecule has 49 heavy (non-hydrogen) atoms. The summed E-state index contributed by atoms with van der Waals surface area (Å²) >= 11 is 0. The minimum Gasteiger partial charge on any atom is -0.399 e. The van der Waals surface area contributed by atoms with E-state index in [-0.39, 0.29) is 0 Å². The third-order valence-electron chi connectivity index (χ3n) is 10.6. The molecule has 7 aromatic carbocycles. The highest BCUT2D eigenvalue weighted by molar-refractivity contribution is 6.62. The van der Waals surface area contributed by atoms with E-state index in [1.807, 2.05) is 0 Å². The van der Waals surface area contributed by atoms with Crippen molar-refractivity contribution in [1.82, 2.24) is 4.57 Å². The molecule has 0 bridgehead atoms. The molecular formula is C44H37BN2O2. The molecule has 1 fully saturated rings. The lowest BCUT2D eigenvalue weighted by atomic mass is 9.79. The largest absolute Gasteiger partial charge is 0.494 e. The van der Waals surface area contributed by atoms with Crippen LogP contribution in [0.1, 0.15) is 27.7 Å². The Morgan fingerprint density at radius 2 is 1.00 bits per heavy atom. The van der Waals surface area contributed by atoms with Crippen molar-refractivity contribution in [2.24, 2.45) is 0 Å². The van der Waals surface area contributed by atoms with Crippen LogP contribution in [0.3, 0.4) is 0 Å². The molecule has 0 atom stereocenters. The molecule has 1 saturated heterocycles. The van der Waals surface area contributed by atoms with E-state index < -0.39 is 18.3 Å². The maximum atomic E-state index is 6.47. The Hall–Kier alpha value is -5.36. The Bertz CT molecular complexity index is 2430. The number of nitrogens with zero attached hydrogens (tertiary/aromatic N) is 2. The maximum absolute atomic E-state index is 6.47. The quantitative estimate of drug-likeness (QED) is 0.176. The molecule has 4 nitrogen and oxygen atoms in total. The molecule has 0 unspecified atom stereocenters. The predicted molar refractivity (Wildman–Crippen MR) is 206 cm³/mol. The standard InChI is InChI=1S/C44H37BN2O2/c1-43(2)44(3,4)49-45(48-43)32-23-28-38-37-19-9-10-20-41(37)47(42(38)29-32)34-26-24-33(25-27-34)46(39-21-11-15-30-13-5-7-17-35(30)39)40-22-12-16-31-14-6-8-18-36(31)40/h5-29H,1-4H3. The Morgan fingerprint density at radius 1 is 0.490 bits per heavy atom. The highest BCUT2D eigenvalue weighted by Gasteiger charge is 2.51. The zero-order valence-electron chi connectivity index (χ0n) is 28.2. The van der Waals surface area contributed by atoms with E-state index in [0.29, 0.717) is 0 Å². The normalized spacial score (nSPS) is 15.5. The third kappa shape index (κ3) is 4.76. The summed E-state index contributed by atoms with van der Waals surface area (Å²) in [5.41, 5.74) is 6.97. The van der Waals surface area contributed by atoms with Crippen LogP contribution >= 0.6 is 0 Å². The van der Waals surface area contributed by atoms with Crippen molar-refractivity contribution in [3.05, 3.63) is 152 Å². The Kier molecular flexibility index (Phi) is 6.74. The monoisotopic (exact) mass is 636 g/mol. The molecule has 9 rings (SSSR count). The summed E-state index contributed by atoms with van der Waals surface area (Å²) in [6, 6.07) is 54.6. The molecule has 0 N–H and O–H groups in total. The zero-order valence-corrected chi connectivity index (χ0v) is 28.2. The zero-order chi connectivity index (χ0) is 33.3. The van der Waals surface area contributed by atoms with Gasteiger partial charge in [0.15, 0.2) is 0 Å². The lowest BCUT2D eigenvalue weighted by Crippen LogP contribution is -2.41. The molecule has 2 heterocycles. The van der Waals surface area contributed by atoms with Crippen molar-refractivity contribution in [3.8, 4) is 5.69 Å². The van der Waals surface area contributed by atoms with Crippen LogP contribution in [0.5, 0.6) is 0 Å². The summed E-state index contributed by atoms with van der Waals surface area (Å²) in [5.74, 6) is 0.